The van der Waals surface area contributed by atoms with E-state index in [1.54, 1.807) is 31.2 Å². The monoisotopic (exact) mass is 420 g/mol. The molecule has 0 bridgehead atoms. The van der Waals surface area contributed by atoms with Crippen LogP contribution in [0.25, 0.3) is 0 Å². The number of nitrogens with zero attached hydrogens (tertiary/aromatic N) is 1. The molecule has 29 heavy (non-hydrogen) atoms. The zero-order chi connectivity index (χ0) is 21.0. The Bertz CT molecular complexity index is 961. The van der Waals surface area contributed by atoms with E-state index in [1.807, 2.05) is 24.3 Å². The number of hydrogen-bond acceptors (Lipinski definition) is 6. The highest BCUT2D eigenvalue weighted by Gasteiger charge is 2.23. The summed E-state index contributed by atoms with van der Waals surface area (Å²) >= 11 is 0. The number of carbonyl (C=O) groups excluding carboxylic acids is 1. The lowest BCUT2D eigenvalue weighted by atomic mass is 10.2. The van der Waals surface area contributed by atoms with E-state index in [1.165, 1.54) is 7.05 Å². The average Bonchev–Trinajstić information content (AvgIpc) is 2.71. The van der Waals surface area contributed by atoms with Crippen molar-refractivity contribution in [3.8, 4) is 17.2 Å². The molecule has 1 amide bonds. The molecule has 0 fully saturated rings. The Kier molecular flexibility index (Phi) is 6.17. The summed E-state index contributed by atoms with van der Waals surface area (Å²) in [6, 6.07) is 13.9. The van der Waals surface area contributed by atoms with E-state index in [2.05, 4.69) is 5.32 Å². The van der Waals surface area contributed by atoms with E-state index in [-0.39, 0.29) is 12.0 Å². The van der Waals surface area contributed by atoms with E-state index in [0.29, 0.717) is 36.1 Å². The van der Waals surface area contributed by atoms with Crippen molar-refractivity contribution in [1.29, 1.82) is 0 Å². The molecular formula is C20H24N2O6S. The normalized spacial score (nSPS) is 16.6. The maximum Gasteiger partial charge on any atom is 0.260 e. The molecule has 2 aromatic rings. The molecule has 156 valence electrons. The quantitative estimate of drug-likeness (QED) is 0.734. The fourth-order valence-electron chi connectivity index (χ4n) is 2.71. The van der Waals surface area contributed by atoms with E-state index < -0.39 is 16.1 Å². The molecule has 2 aromatic carbocycles. The number of ether oxygens (including phenoxy) is 3. The molecule has 0 radical (unpaired) electrons. The number of anilines is 1. The van der Waals surface area contributed by atoms with Crippen LogP contribution in [0.3, 0.4) is 0 Å². The van der Waals surface area contributed by atoms with E-state index in [9.17, 15) is 13.2 Å². The van der Waals surface area contributed by atoms with Gasteiger partial charge >= 0.3 is 0 Å². The first-order chi connectivity index (χ1) is 13.7. The first-order valence-electron chi connectivity index (χ1n) is 9.11. The van der Waals surface area contributed by atoms with Crippen LogP contribution in [-0.2, 0) is 14.8 Å². The summed E-state index contributed by atoms with van der Waals surface area (Å²) in [5.74, 6) is 1.52. The maximum absolute atomic E-state index is 12.3. The van der Waals surface area contributed by atoms with Crippen LogP contribution < -0.4 is 23.8 Å². The molecule has 1 aliphatic heterocycles. The van der Waals surface area contributed by atoms with Gasteiger partial charge in [0.15, 0.2) is 17.6 Å². The van der Waals surface area contributed by atoms with Crippen LogP contribution >= 0.6 is 0 Å². The molecular weight excluding hydrogens is 396 g/mol. The second-order valence-corrected chi connectivity index (χ2v) is 8.74. The molecule has 9 heteroatoms. The zero-order valence-corrected chi connectivity index (χ0v) is 17.3. The number of fused-ring (bicyclic) bond motifs is 1. The van der Waals surface area contributed by atoms with Crippen molar-refractivity contribution in [2.24, 2.45) is 0 Å². The lowest BCUT2D eigenvalue weighted by molar-refractivity contribution is -0.127. The number of amides is 1. The van der Waals surface area contributed by atoms with Gasteiger partial charge in [-0.2, -0.15) is 0 Å². The van der Waals surface area contributed by atoms with Gasteiger partial charge in [-0.05, 0) is 43.3 Å². The topological polar surface area (TPSA) is 94.2 Å². The van der Waals surface area contributed by atoms with Gasteiger partial charge in [0.2, 0.25) is 10.0 Å². The van der Waals surface area contributed by atoms with Crippen LogP contribution in [0.15, 0.2) is 48.5 Å². The third kappa shape index (κ3) is 5.32. The Morgan fingerprint density at radius 1 is 1.21 bits per heavy atom. The lowest BCUT2D eigenvalue weighted by Gasteiger charge is -2.27. The highest BCUT2D eigenvalue weighted by atomic mass is 32.2. The molecule has 0 unspecified atom stereocenters. The smallest absolute Gasteiger partial charge is 0.260 e. The minimum Gasteiger partial charge on any atom is -0.486 e. The number of carbonyl (C=O) groups is 1. The number of nitrogens with one attached hydrogen (secondary N) is 1. The van der Waals surface area contributed by atoms with Gasteiger partial charge in [-0.1, -0.05) is 12.1 Å². The van der Waals surface area contributed by atoms with Gasteiger partial charge < -0.3 is 19.5 Å². The van der Waals surface area contributed by atoms with Gasteiger partial charge in [-0.25, -0.2) is 8.42 Å². The SMILES string of the molecule is C[C@H](Oc1ccc(N(C)S(C)(=O)=O)cc1)C(=O)NC[C@@H]1COc2ccccc2O1. The predicted octanol–water partition coefficient (Wildman–Crippen LogP) is 1.81. The second kappa shape index (κ2) is 8.60. The van der Waals surface area contributed by atoms with Crippen LogP contribution in [-0.4, -0.2) is 53.0 Å². The summed E-state index contributed by atoms with van der Waals surface area (Å²) in [5, 5.41) is 2.80. The molecule has 0 saturated heterocycles. The van der Waals surface area contributed by atoms with Crippen molar-refractivity contribution in [3.63, 3.8) is 0 Å². The fourth-order valence-corrected chi connectivity index (χ4v) is 3.21. The summed E-state index contributed by atoms with van der Waals surface area (Å²) in [6.07, 6.45) is 0.112. The Hall–Kier alpha value is -2.94. The van der Waals surface area contributed by atoms with E-state index >= 15 is 0 Å². The average molecular weight is 420 g/mol. The van der Waals surface area contributed by atoms with Crippen LogP contribution in [0.2, 0.25) is 0 Å². The van der Waals surface area contributed by atoms with Gasteiger partial charge in [0.25, 0.3) is 5.91 Å². The van der Waals surface area contributed by atoms with Gasteiger partial charge in [0.1, 0.15) is 18.5 Å². The van der Waals surface area contributed by atoms with E-state index in [0.717, 1.165) is 10.6 Å². The van der Waals surface area contributed by atoms with Gasteiger partial charge in [0, 0.05) is 7.05 Å². The van der Waals surface area contributed by atoms with Crippen LogP contribution in [0.5, 0.6) is 17.2 Å². The van der Waals surface area contributed by atoms with Gasteiger partial charge in [0.05, 0.1) is 18.5 Å². The second-order valence-electron chi connectivity index (χ2n) is 6.73. The molecule has 0 aliphatic carbocycles. The third-order valence-corrected chi connectivity index (χ3v) is 5.66. The predicted molar refractivity (Wildman–Crippen MR) is 109 cm³/mol. The number of benzene rings is 2. The molecule has 0 spiro atoms. The van der Waals surface area contributed by atoms with Crippen LogP contribution in [0.1, 0.15) is 6.92 Å². The number of sulfonamides is 1. The standard InChI is InChI=1S/C20H24N2O6S/c1-14(27-16-10-8-15(9-11-16)22(2)29(3,24)25)20(23)21-12-17-13-26-18-6-4-5-7-19(18)28-17/h4-11,14,17H,12-13H2,1-3H3,(H,21,23)/t14-,17+/m0/s1. The largest absolute Gasteiger partial charge is 0.486 e. The lowest BCUT2D eigenvalue weighted by Crippen LogP contribution is -2.44. The molecule has 1 aliphatic rings. The number of para-hydroxylation sites is 2. The zero-order valence-electron chi connectivity index (χ0n) is 16.5. The summed E-state index contributed by atoms with van der Waals surface area (Å²) in [4.78, 5) is 12.3. The van der Waals surface area contributed by atoms with Crippen molar-refractivity contribution in [3.05, 3.63) is 48.5 Å². The molecule has 0 aromatic heterocycles. The fraction of sp³-hybridized carbons (Fsp3) is 0.350. The minimum atomic E-state index is -3.34. The van der Waals surface area contributed by atoms with Crippen molar-refractivity contribution in [2.75, 3.05) is 30.8 Å². The Morgan fingerprint density at radius 3 is 2.52 bits per heavy atom. The summed E-state index contributed by atoms with van der Waals surface area (Å²) < 4.78 is 41.4. The number of hydrogen-bond donors (Lipinski definition) is 1. The van der Waals surface area contributed by atoms with Crippen molar-refractivity contribution in [2.45, 2.75) is 19.1 Å². The van der Waals surface area contributed by atoms with Gasteiger partial charge in [-0.3, -0.25) is 9.10 Å². The van der Waals surface area contributed by atoms with Gasteiger partial charge in [-0.15, -0.1) is 0 Å². The first kappa shape index (κ1) is 20.8. The highest BCUT2D eigenvalue weighted by Crippen LogP contribution is 2.30. The summed E-state index contributed by atoms with van der Waals surface area (Å²) in [7, 11) is -1.87. The Labute approximate surface area is 170 Å². The molecule has 8 nitrogen and oxygen atoms in total. The van der Waals surface area contributed by atoms with Crippen molar-refractivity contribution < 1.29 is 27.4 Å². The summed E-state index contributed by atoms with van der Waals surface area (Å²) in [5.41, 5.74) is 0.506. The Morgan fingerprint density at radius 2 is 1.86 bits per heavy atom. The van der Waals surface area contributed by atoms with Crippen molar-refractivity contribution >= 4 is 21.6 Å². The Balaban J connectivity index is 1.49. The minimum absolute atomic E-state index is 0.285. The van der Waals surface area contributed by atoms with Crippen LogP contribution in [0.4, 0.5) is 5.69 Å². The highest BCUT2D eigenvalue weighted by molar-refractivity contribution is 7.92. The molecule has 0 saturated carbocycles. The molecule has 1 N–H and O–H groups in total. The molecule has 2 atom stereocenters. The molecule has 1 heterocycles. The number of rotatable bonds is 7. The van der Waals surface area contributed by atoms with E-state index in [4.69, 9.17) is 14.2 Å². The first-order valence-corrected chi connectivity index (χ1v) is 11.0. The summed E-state index contributed by atoms with van der Waals surface area (Å²) in [6.45, 7) is 2.28. The van der Waals surface area contributed by atoms with Crippen LogP contribution in [0, 0.1) is 0 Å². The third-order valence-electron chi connectivity index (χ3n) is 4.45. The molecule has 3 rings (SSSR count). The maximum atomic E-state index is 12.3. The van der Waals surface area contributed by atoms with Crippen molar-refractivity contribution in [1.82, 2.24) is 5.32 Å².